The van der Waals surface area contributed by atoms with Crippen molar-refractivity contribution in [2.75, 3.05) is 20.2 Å². The van der Waals surface area contributed by atoms with Crippen LogP contribution in [0.3, 0.4) is 0 Å². The lowest BCUT2D eigenvalue weighted by atomic mass is 9.90. The highest BCUT2D eigenvalue weighted by atomic mass is 19.1. The van der Waals surface area contributed by atoms with E-state index in [1.807, 2.05) is 20.8 Å². The van der Waals surface area contributed by atoms with Crippen LogP contribution < -0.4 is 4.74 Å². The second kappa shape index (κ2) is 7.89. The summed E-state index contributed by atoms with van der Waals surface area (Å²) in [4.78, 5) is 13.9. The fourth-order valence-electron chi connectivity index (χ4n) is 3.70. The second-order valence-electron chi connectivity index (χ2n) is 8.32. The summed E-state index contributed by atoms with van der Waals surface area (Å²) in [5.41, 5.74) is 0.594. The number of methoxy groups -OCH3 is 1. The number of carbonyl (C=O) groups is 1. The fraction of sp³-hybridized carbons (Fsp3) is 0.571. The van der Waals surface area contributed by atoms with Gasteiger partial charge in [-0.3, -0.25) is 0 Å². The summed E-state index contributed by atoms with van der Waals surface area (Å²) in [5.74, 6) is -0.0248. The molecule has 0 spiro atoms. The van der Waals surface area contributed by atoms with Gasteiger partial charge in [-0.05, 0) is 58.4 Å². The average Bonchev–Trinajstić information content (AvgIpc) is 2.99. The van der Waals surface area contributed by atoms with Gasteiger partial charge in [-0.15, -0.1) is 0 Å². The van der Waals surface area contributed by atoms with Gasteiger partial charge in [0.2, 0.25) is 0 Å². The van der Waals surface area contributed by atoms with E-state index in [0.29, 0.717) is 42.0 Å². The third kappa shape index (κ3) is 4.34. The van der Waals surface area contributed by atoms with Crippen LogP contribution in [0.2, 0.25) is 0 Å². The maximum atomic E-state index is 14.3. The Morgan fingerprint density at radius 2 is 2.04 bits per heavy atom. The van der Waals surface area contributed by atoms with Crippen LogP contribution in [-0.2, 0) is 11.2 Å². The van der Waals surface area contributed by atoms with Crippen molar-refractivity contribution < 1.29 is 28.2 Å². The standard InChI is InChI=1S/C21H28FNO5/c1-21(2,3)28-20(25)23-9-7-13(8-10-23)5-6-14-18-15(17(24)12-27-18)11-16(22)19(14)26-4/h11-13,24H,5-10H2,1-4H3. The number of hydrogen-bond donors (Lipinski definition) is 1. The molecule has 0 saturated carbocycles. The number of ether oxygens (including phenoxy) is 2. The van der Waals surface area contributed by atoms with Crippen molar-refractivity contribution in [3.8, 4) is 11.5 Å². The molecule has 1 aliphatic rings. The van der Waals surface area contributed by atoms with Crippen molar-refractivity contribution in [1.82, 2.24) is 4.90 Å². The zero-order valence-corrected chi connectivity index (χ0v) is 16.9. The number of furan rings is 1. The molecule has 1 aliphatic heterocycles. The number of rotatable bonds is 4. The first-order valence-corrected chi connectivity index (χ1v) is 9.63. The van der Waals surface area contributed by atoms with E-state index in [1.165, 1.54) is 19.4 Å². The van der Waals surface area contributed by atoms with Crippen LogP contribution in [-0.4, -0.2) is 41.9 Å². The number of halogens is 1. The molecular formula is C21H28FNO5. The molecule has 0 bridgehead atoms. The number of carbonyl (C=O) groups excluding carboxylic acids is 1. The van der Waals surface area contributed by atoms with Crippen molar-refractivity contribution in [3.05, 3.63) is 23.7 Å². The Labute approximate surface area is 164 Å². The zero-order valence-electron chi connectivity index (χ0n) is 16.9. The van der Waals surface area contributed by atoms with Crippen molar-refractivity contribution in [1.29, 1.82) is 0 Å². The molecule has 2 aromatic rings. The number of amides is 1. The molecule has 28 heavy (non-hydrogen) atoms. The van der Waals surface area contributed by atoms with Gasteiger partial charge in [0.25, 0.3) is 0 Å². The van der Waals surface area contributed by atoms with E-state index in [0.717, 1.165) is 19.3 Å². The molecule has 0 unspecified atom stereocenters. The zero-order chi connectivity index (χ0) is 20.5. The Morgan fingerprint density at radius 1 is 1.36 bits per heavy atom. The largest absolute Gasteiger partial charge is 0.504 e. The molecule has 0 atom stereocenters. The molecule has 0 radical (unpaired) electrons. The summed E-state index contributed by atoms with van der Waals surface area (Å²) in [5, 5.41) is 10.2. The van der Waals surface area contributed by atoms with Gasteiger partial charge < -0.3 is 23.9 Å². The Hall–Kier alpha value is -2.44. The second-order valence-corrected chi connectivity index (χ2v) is 8.32. The molecule has 6 nitrogen and oxygen atoms in total. The Kier molecular flexibility index (Phi) is 5.72. The third-order valence-corrected chi connectivity index (χ3v) is 5.12. The Morgan fingerprint density at radius 3 is 2.64 bits per heavy atom. The maximum absolute atomic E-state index is 14.3. The van der Waals surface area contributed by atoms with E-state index in [1.54, 1.807) is 4.90 Å². The van der Waals surface area contributed by atoms with Crippen LogP contribution in [0.15, 0.2) is 16.7 Å². The summed E-state index contributed by atoms with van der Waals surface area (Å²) in [6.45, 7) is 6.87. The smallest absolute Gasteiger partial charge is 0.410 e. The molecule has 7 heteroatoms. The van der Waals surface area contributed by atoms with E-state index in [2.05, 4.69) is 0 Å². The van der Waals surface area contributed by atoms with E-state index in [9.17, 15) is 14.3 Å². The Bertz CT molecular complexity index is 847. The first kappa shape index (κ1) is 20.3. The quantitative estimate of drug-likeness (QED) is 0.803. The van der Waals surface area contributed by atoms with E-state index in [-0.39, 0.29) is 17.6 Å². The van der Waals surface area contributed by atoms with Gasteiger partial charge in [-0.2, -0.15) is 0 Å². The minimum Gasteiger partial charge on any atom is -0.504 e. The maximum Gasteiger partial charge on any atom is 0.410 e. The molecule has 3 rings (SSSR count). The highest BCUT2D eigenvalue weighted by Gasteiger charge is 2.27. The molecule has 0 aliphatic carbocycles. The monoisotopic (exact) mass is 393 g/mol. The summed E-state index contributed by atoms with van der Waals surface area (Å²) in [7, 11) is 1.43. The summed E-state index contributed by atoms with van der Waals surface area (Å²) < 4.78 is 30.5. The third-order valence-electron chi connectivity index (χ3n) is 5.12. The van der Waals surface area contributed by atoms with Gasteiger partial charge in [0, 0.05) is 18.7 Å². The predicted octanol–water partition coefficient (Wildman–Crippen LogP) is 4.87. The predicted molar refractivity (Wildman–Crippen MR) is 103 cm³/mol. The van der Waals surface area contributed by atoms with E-state index < -0.39 is 11.4 Å². The number of benzene rings is 1. The minimum absolute atomic E-state index is 0.0801. The number of aromatic hydroxyl groups is 1. The summed E-state index contributed by atoms with van der Waals surface area (Å²) in [6.07, 6.45) is 4.06. The number of fused-ring (bicyclic) bond motifs is 1. The minimum atomic E-state index is -0.513. The van der Waals surface area contributed by atoms with Crippen LogP contribution in [0.1, 0.15) is 45.6 Å². The number of aryl methyl sites for hydroxylation is 1. The number of hydrogen-bond acceptors (Lipinski definition) is 5. The molecular weight excluding hydrogens is 365 g/mol. The normalized spacial score (nSPS) is 15.8. The van der Waals surface area contributed by atoms with Crippen LogP contribution >= 0.6 is 0 Å². The highest BCUT2D eigenvalue weighted by molar-refractivity contribution is 5.88. The number of piperidine rings is 1. The lowest BCUT2D eigenvalue weighted by molar-refractivity contribution is 0.0181. The first-order valence-electron chi connectivity index (χ1n) is 9.63. The van der Waals surface area contributed by atoms with Gasteiger partial charge in [-0.1, -0.05) is 0 Å². The lowest BCUT2D eigenvalue weighted by Crippen LogP contribution is -2.41. The van der Waals surface area contributed by atoms with Crippen molar-refractivity contribution >= 4 is 17.1 Å². The van der Waals surface area contributed by atoms with Crippen LogP contribution in [0.25, 0.3) is 11.0 Å². The molecule has 1 aromatic carbocycles. The van der Waals surface area contributed by atoms with Gasteiger partial charge in [0.05, 0.1) is 12.5 Å². The molecule has 1 fully saturated rings. The first-order chi connectivity index (χ1) is 13.2. The van der Waals surface area contributed by atoms with Crippen molar-refractivity contribution in [3.63, 3.8) is 0 Å². The molecule has 1 amide bonds. The molecule has 2 heterocycles. The van der Waals surface area contributed by atoms with Crippen molar-refractivity contribution in [2.45, 2.75) is 52.1 Å². The van der Waals surface area contributed by atoms with E-state index >= 15 is 0 Å². The van der Waals surface area contributed by atoms with Gasteiger partial charge in [0.15, 0.2) is 17.3 Å². The Balaban J connectivity index is 1.64. The van der Waals surface area contributed by atoms with Crippen molar-refractivity contribution in [2.24, 2.45) is 5.92 Å². The fourth-order valence-corrected chi connectivity index (χ4v) is 3.70. The molecule has 154 valence electrons. The van der Waals surface area contributed by atoms with Crippen LogP contribution in [0.4, 0.5) is 9.18 Å². The topological polar surface area (TPSA) is 72.1 Å². The van der Waals surface area contributed by atoms with Gasteiger partial charge >= 0.3 is 6.09 Å². The molecule has 1 N–H and O–H groups in total. The summed E-state index contributed by atoms with van der Waals surface area (Å²) in [6, 6.07) is 1.23. The number of likely N-dealkylation sites (tertiary alicyclic amines) is 1. The van der Waals surface area contributed by atoms with Gasteiger partial charge in [0.1, 0.15) is 17.4 Å². The van der Waals surface area contributed by atoms with Crippen LogP contribution in [0.5, 0.6) is 11.5 Å². The SMILES string of the molecule is COc1c(F)cc2c(O)coc2c1CCC1CCN(C(=O)OC(C)(C)C)CC1. The average molecular weight is 393 g/mol. The lowest BCUT2D eigenvalue weighted by Gasteiger charge is -2.33. The van der Waals surface area contributed by atoms with Crippen LogP contribution in [0, 0.1) is 11.7 Å². The molecule has 1 saturated heterocycles. The van der Waals surface area contributed by atoms with Gasteiger partial charge in [-0.25, -0.2) is 9.18 Å². The molecule has 1 aromatic heterocycles. The summed E-state index contributed by atoms with van der Waals surface area (Å²) >= 11 is 0. The highest BCUT2D eigenvalue weighted by Crippen LogP contribution is 2.38. The number of nitrogens with zero attached hydrogens (tertiary/aromatic N) is 1. The van der Waals surface area contributed by atoms with E-state index in [4.69, 9.17) is 13.9 Å².